The van der Waals surface area contributed by atoms with Gasteiger partial charge in [-0.2, -0.15) is 0 Å². The first-order valence-corrected chi connectivity index (χ1v) is 11.6. The summed E-state index contributed by atoms with van der Waals surface area (Å²) in [6.45, 7) is 5.57. The predicted octanol–water partition coefficient (Wildman–Crippen LogP) is 4.78. The van der Waals surface area contributed by atoms with Crippen molar-refractivity contribution >= 4 is 34.8 Å². The fourth-order valence-electron chi connectivity index (χ4n) is 3.67. The van der Waals surface area contributed by atoms with Crippen molar-refractivity contribution in [1.82, 2.24) is 5.32 Å². The van der Waals surface area contributed by atoms with Crippen LogP contribution in [0, 0.1) is 5.41 Å². The van der Waals surface area contributed by atoms with Crippen LogP contribution in [0.5, 0.6) is 0 Å². The number of carbonyl (C=O) groups is 3. The lowest BCUT2D eigenvalue weighted by atomic mass is 9.95. The maximum absolute atomic E-state index is 12.6. The van der Waals surface area contributed by atoms with E-state index in [1.165, 1.54) is 6.42 Å². The fraction of sp³-hybridized carbons (Fsp3) is 0.423. The molecule has 1 aliphatic carbocycles. The minimum absolute atomic E-state index is 0.0479. The Bertz CT molecular complexity index is 991. The van der Waals surface area contributed by atoms with E-state index in [-0.39, 0.29) is 30.3 Å². The molecule has 2 aromatic rings. The van der Waals surface area contributed by atoms with Gasteiger partial charge >= 0.3 is 0 Å². The lowest BCUT2D eigenvalue weighted by Gasteiger charge is -2.22. The first-order valence-electron chi connectivity index (χ1n) is 11.6. The van der Waals surface area contributed by atoms with Crippen molar-refractivity contribution in [2.45, 2.75) is 58.9 Å². The van der Waals surface area contributed by atoms with Crippen LogP contribution in [-0.4, -0.2) is 30.3 Å². The Hall–Kier alpha value is -3.35. The van der Waals surface area contributed by atoms with E-state index in [0.29, 0.717) is 22.6 Å². The number of anilines is 3. The van der Waals surface area contributed by atoms with Crippen molar-refractivity contribution < 1.29 is 14.4 Å². The highest BCUT2D eigenvalue weighted by atomic mass is 16.2. The number of nitrogens with one attached hydrogen (secondary N) is 4. The van der Waals surface area contributed by atoms with Gasteiger partial charge in [0.15, 0.2) is 0 Å². The van der Waals surface area contributed by atoms with Gasteiger partial charge < -0.3 is 21.3 Å². The third kappa shape index (κ3) is 7.63. The summed E-state index contributed by atoms with van der Waals surface area (Å²) < 4.78 is 0. The average Bonchev–Trinajstić information content (AvgIpc) is 2.78. The molecule has 3 rings (SSSR count). The van der Waals surface area contributed by atoms with Gasteiger partial charge in [-0.3, -0.25) is 14.4 Å². The Labute approximate surface area is 195 Å². The Morgan fingerprint density at radius 3 is 2.18 bits per heavy atom. The number of hydrogen-bond acceptors (Lipinski definition) is 4. The molecule has 0 bridgehead atoms. The SMILES string of the molecule is CC(C)(C)C(=O)Nc1cccc(NC(=O)CNc2cccc(C(=O)NC3CCCCC3)c2)c1. The molecule has 0 atom stereocenters. The zero-order valence-corrected chi connectivity index (χ0v) is 19.7. The number of benzene rings is 2. The summed E-state index contributed by atoms with van der Waals surface area (Å²) >= 11 is 0. The number of hydrogen-bond donors (Lipinski definition) is 4. The molecule has 0 unspecified atom stereocenters. The molecule has 0 radical (unpaired) electrons. The van der Waals surface area contributed by atoms with E-state index in [2.05, 4.69) is 21.3 Å². The van der Waals surface area contributed by atoms with Crippen molar-refractivity contribution in [2.75, 3.05) is 22.5 Å². The third-order valence-corrected chi connectivity index (χ3v) is 5.60. The Balaban J connectivity index is 1.52. The zero-order valence-electron chi connectivity index (χ0n) is 19.7. The van der Waals surface area contributed by atoms with Gasteiger partial charge in [-0.15, -0.1) is 0 Å². The van der Waals surface area contributed by atoms with Gasteiger partial charge in [-0.25, -0.2) is 0 Å². The second-order valence-corrected chi connectivity index (χ2v) is 9.58. The molecular weight excluding hydrogens is 416 g/mol. The van der Waals surface area contributed by atoms with Crippen LogP contribution in [0.1, 0.15) is 63.2 Å². The Kier molecular flexibility index (Phi) is 8.09. The van der Waals surface area contributed by atoms with Crippen LogP contribution in [0.3, 0.4) is 0 Å². The number of rotatable bonds is 7. The van der Waals surface area contributed by atoms with Crippen molar-refractivity contribution in [2.24, 2.45) is 5.41 Å². The van der Waals surface area contributed by atoms with Gasteiger partial charge in [-0.1, -0.05) is 52.2 Å². The minimum Gasteiger partial charge on any atom is -0.376 e. The lowest BCUT2D eigenvalue weighted by molar-refractivity contribution is -0.123. The summed E-state index contributed by atoms with van der Waals surface area (Å²) in [6, 6.07) is 14.5. The highest BCUT2D eigenvalue weighted by molar-refractivity contribution is 5.98. The third-order valence-electron chi connectivity index (χ3n) is 5.60. The second-order valence-electron chi connectivity index (χ2n) is 9.58. The molecule has 3 amide bonds. The molecule has 0 spiro atoms. The monoisotopic (exact) mass is 450 g/mol. The van der Waals surface area contributed by atoms with Crippen molar-refractivity contribution in [3.05, 3.63) is 54.1 Å². The molecule has 7 nitrogen and oxygen atoms in total. The molecule has 1 saturated carbocycles. The van der Waals surface area contributed by atoms with Crippen molar-refractivity contribution in [3.63, 3.8) is 0 Å². The predicted molar refractivity (Wildman–Crippen MR) is 132 cm³/mol. The fourth-order valence-corrected chi connectivity index (χ4v) is 3.67. The summed E-state index contributed by atoms with van der Waals surface area (Å²) in [5.74, 6) is -0.407. The molecule has 0 aromatic heterocycles. The van der Waals surface area contributed by atoms with Crippen LogP contribution in [0.15, 0.2) is 48.5 Å². The highest BCUT2D eigenvalue weighted by Gasteiger charge is 2.21. The van der Waals surface area contributed by atoms with Gasteiger partial charge in [0.05, 0.1) is 6.54 Å². The molecule has 2 aromatic carbocycles. The van der Waals surface area contributed by atoms with Crippen LogP contribution in [0.2, 0.25) is 0 Å². The topological polar surface area (TPSA) is 99.3 Å². The quantitative estimate of drug-likeness (QED) is 0.488. The van der Waals surface area contributed by atoms with E-state index in [4.69, 9.17) is 0 Å². The Morgan fingerprint density at radius 1 is 0.848 bits per heavy atom. The van der Waals surface area contributed by atoms with Crippen LogP contribution < -0.4 is 21.3 Å². The molecule has 7 heteroatoms. The van der Waals surface area contributed by atoms with Crippen LogP contribution in [0.25, 0.3) is 0 Å². The molecule has 1 aliphatic rings. The van der Waals surface area contributed by atoms with E-state index in [9.17, 15) is 14.4 Å². The van der Waals surface area contributed by atoms with E-state index in [1.807, 2.05) is 26.8 Å². The van der Waals surface area contributed by atoms with E-state index < -0.39 is 5.41 Å². The van der Waals surface area contributed by atoms with Gasteiger partial charge in [0.1, 0.15) is 0 Å². The number of carbonyl (C=O) groups excluding carboxylic acids is 3. The van der Waals surface area contributed by atoms with Gasteiger partial charge in [0, 0.05) is 34.1 Å². The molecular formula is C26H34N4O3. The molecule has 0 aliphatic heterocycles. The zero-order chi connectivity index (χ0) is 23.8. The lowest BCUT2D eigenvalue weighted by Crippen LogP contribution is -2.36. The standard InChI is InChI=1S/C26H34N4O3/c1-26(2,3)25(33)30-22-14-8-13-21(16-22)28-23(31)17-27-20-12-7-9-18(15-20)24(32)29-19-10-5-4-6-11-19/h7-9,12-16,19,27H,4-6,10-11,17H2,1-3H3,(H,28,31)(H,29,32)(H,30,33). The maximum atomic E-state index is 12.6. The Morgan fingerprint density at radius 2 is 1.48 bits per heavy atom. The van der Waals surface area contributed by atoms with E-state index >= 15 is 0 Å². The minimum atomic E-state index is -0.509. The van der Waals surface area contributed by atoms with Gasteiger partial charge in [0.25, 0.3) is 5.91 Å². The van der Waals surface area contributed by atoms with Crippen LogP contribution in [0.4, 0.5) is 17.1 Å². The van der Waals surface area contributed by atoms with E-state index in [0.717, 1.165) is 25.7 Å². The molecule has 176 valence electrons. The summed E-state index contributed by atoms with van der Waals surface area (Å²) in [7, 11) is 0. The molecule has 1 fully saturated rings. The van der Waals surface area contributed by atoms with Crippen LogP contribution in [-0.2, 0) is 9.59 Å². The summed E-state index contributed by atoms with van der Waals surface area (Å²) in [4.78, 5) is 37.2. The number of amides is 3. The van der Waals surface area contributed by atoms with Gasteiger partial charge in [-0.05, 0) is 49.2 Å². The highest BCUT2D eigenvalue weighted by Crippen LogP contribution is 2.21. The summed E-state index contributed by atoms with van der Waals surface area (Å²) in [5, 5.41) is 11.9. The van der Waals surface area contributed by atoms with Gasteiger partial charge in [0.2, 0.25) is 11.8 Å². The van der Waals surface area contributed by atoms with Crippen molar-refractivity contribution in [1.29, 1.82) is 0 Å². The molecule has 33 heavy (non-hydrogen) atoms. The average molecular weight is 451 g/mol. The molecule has 4 N–H and O–H groups in total. The summed E-state index contributed by atoms with van der Waals surface area (Å²) in [6.07, 6.45) is 5.63. The second kappa shape index (κ2) is 11.0. The largest absolute Gasteiger partial charge is 0.376 e. The van der Waals surface area contributed by atoms with Crippen molar-refractivity contribution in [3.8, 4) is 0 Å². The van der Waals surface area contributed by atoms with Crippen LogP contribution >= 0.6 is 0 Å². The molecule has 0 heterocycles. The maximum Gasteiger partial charge on any atom is 0.251 e. The smallest absolute Gasteiger partial charge is 0.251 e. The molecule has 0 saturated heterocycles. The first kappa shape index (κ1) is 24.3. The normalized spacial score (nSPS) is 14.3. The summed E-state index contributed by atoms with van der Waals surface area (Å²) in [5.41, 5.74) is 1.98. The first-order chi connectivity index (χ1) is 15.7. The van der Waals surface area contributed by atoms with E-state index in [1.54, 1.807) is 42.5 Å².